The number of carboxylic acids is 1. The third kappa shape index (κ3) is 3.32. The second-order valence-corrected chi connectivity index (χ2v) is 4.72. The topological polar surface area (TPSA) is 49.3 Å². The second kappa shape index (κ2) is 6.01. The maximum atomic E-state index is 10.7. The number of nitrogens with one attached hydrogen (secondary N) is 1. The highest BCUT2D eigenvalue weighted by Gasteiger charge is 2.21. The molecular weight excluding hydrogens is 270 g/mol. The van der Waals surface area contributed by atoms with Crippen molar-refractivity contribution < 1.29 is 9.90 Å². The molecule has 2 N–H and O–H groups in total. The fourth-order valence-corrected chi connectivity index (χ4v) is 2.40. The normalized spacial score (nSPS) is 14.4. The van der Waals surface area contributed by atoms with Crippen LogP contribution in [0.2, 0.25) is 0 Å². The van der Waals surface area contributed by atoms with Gasteiger partial charge in [-0.15, -0.1) is 0 Å². The van der Waals surface area contributed by atoms with Gasteiger partial charge in [0.15, 0.2) is 0 Å². The van der Waals surface area contributed by atoms with E-state index in [4.69, 9.17) is 5.11 Å². The molecule has 0 amide bonds. The molecule has 2 unspecified atom stereocenters. The Morgan fingerprint density at radius 3 is 2.62 bits per heavy atom. The van der Waals surface area contributed by atoms with E-state index in [0.29, 0.717) is 0 Å². The Bertz CT molecular complexity index is 368. The molecule has 88 valence electrons. The summed E-state index contributed by atoms with van der Waals surface area (Å²) in [5.41, 5.74) is 1.10. The highest BCUT2D eigenvalue weighted by molar-refractivity contribution is 9.10. The van der Waals surface area contributed by atoms with E-state index in [-0.39, 0.29) is 18.4 Å². The fraction of sp³-hybridized carbons (Fsp3) is 0.417. The Morgan fingerprint density at radius 2 is 2.12 bits per heavy atom. The fourth-order valence-electron chi connectivity index (χ4n) is 1.87. The standard InChI is InChI=1S/C12H16BrNO2/c1-8(7-11(15)16)12(14-2)9-5-3-4-6-10(9)13/h3-6,8,12,14H,7H2,1-2H3,(H,15,16). The molecule has 0 aromatic heterocycles. The molecule has 16 heavy (non-hydrogen) atoms. The zero-order valence-electron chi connectivity index (χ0n) is 9.40. The predicted molar refractivity (Wildman–Crippen MR) is 67.4 cm³/mol. The molecule has 1 rings (SSSR count). The van der Waals surface area contributed by atoms with Crippen LogP contribution < -0.4 is 5.32 Å². The zero-order chi connectivity index (χ0) is 12.1. The summed E-state index contributed by atoms with van der Waals surface area (Å²) in [6, 6.07) is 7.92. The van der Waals surface area contributed by atoms with Crippen LogP contribution in [0.3, 0.4) is 0 Å². The number of hydrogen-bond acceptors (Lipinski definition) is 2. The monoisotopic (exact) mass is 285 g/mol. The van der Waals surface area contributed by atoms with Crippen molar-refractivity contribution in [2.24, 2.45) is 5.92 Å². The van der Waals surface area contributed by atoms with Crippen molar-refractivity contribution in [1.82, 2.24) is 5.32 Å². The predicted octanol–water partition coefficient (Wildman–Crippen LogP) is 2.82. The quantitative estimate of drug-likeness (QED) is 0.875. The Labute approximate surface area is 104 Å². The van der Waals surface area contributed by atoms with E-state index in [1.165, 1.54) is 0 Å². The maximum absolute atomic E-state index is 10.7. The minimum atomic E-state index is -0.764. The summed E-state index contributed by atoms with van der Waals surface area (Å²) in [4.78, 5) is 10.7. The summed E-state index contributed by atoms with van der Waals surface area (Å²) in [5.74, 6) is -0.721. The third-order valence-electron chi connectivity index (χ3n) is 2.62. The summed E-state index contributed by atoms with van der Waals surface area (Å²) in [6.45, 7) is 1.94. The van der Waals surface area contributed by atoms with Crippen molar-refractivity contribution in [3.8, 4) is 0 Å². The molecule has 0 aliphatic rings. The van der Waals surface area contributed by atoms with Crippen LogP contribution in [-0.2, 0) is 4.79 Å². The summed E-state index contributed by atoms with van der Waals surface area (Å²) < 4.78 is 1.01. The molecule has 2 atom stereocenters. The van der Waals surface area contributed by atoms with E-state index >= 15 is 0 Å². The minimum absolute atomic E-state index is 0.0428. The molecular formula is C12H16BrNO2. The molecule has 0 fully saturated rings. The van der Waals surface area contributed by atoms with Crippen LogP contribution in [0.5, 0.6) is 0 Å². The molecule has 1 aromatic carbocycles. The first-order chi connectivity index (χ1) is 7.56. The van der Waals surface area contributed by atoms with Gasteiger partial charge in [0, 0.05) is 16.9 Å². The Balaban J connectivity index is 2.90. The highest BCUT2D eigenvalue weighted by Crippen LogP contribution is 2.29. The van der Waals surface area contributed by atoms with Gasteiger partial charge in [-0.05, 0) is 24.6 Å². The van der Waals surface area contributed by atoms with Gasteiger partial charge in [-0.2, -0.15) is 0 Å². The SMILES string of the molecule is CNC(c1ccccc1Br)C(C)CC(=O)O. The van der Waals surface area contributed by atoms with Crippen LogP contribution in [0.1, 0.15) is 24.9 Å². The third-order valence-corrected chi connectivity index (χ3v) is 3.34. The van der Waals surface area contributed by atoms with E-state index in [1.807, 2.05) is 38.2 Å². The molecule has 0 bridgehead atoms. The van der Waals surface area contributed by atoms with E-state index < -0.39 is 5.97 Å². The summed E-state index contributed by atoms with van der Waals surface area (Å²) in [6.07, 6.45) is 0.160. The number of carboxylic acid groups (broad SMARTS) is 1. The summed E-state index contributed by atoms with van der Waals surface area (Å²) in [5, 5.41) is 12.0. The Hall–Kier alpha value is -0.870. The average molecular weight is 286 g/mol. The first kappa shape index (κ1) is 13.2. The maximum Gasteiger partial charge on any atom is 0.303 e. The van der Waals surface area contributed by atoms with Gasteiger partial charge >= 0.3 is 5.97 Å². The lowest BCUT2D eigenvalue weighted by atomic mass is 9.92. The van der Waals surface area contributed by atoms with E-state index in [1.54, 1.807) is 0 Å². The molecule has 3 nitrogen and oxygen atoms in total. The van der Waals surface area contributed by atoms with Crippen LogP contribution in [0.15, 0.2) is 28.7 Å². The molecule has 0 radical (unpaired) electrons. The van der Waals surface area contributed by atoms with Gasteiger partial charge < -0.3 is 10.4 Å². The second-order valence-electron chi connectivity index (χ2n) is 3.86. The van der Waals surface area contributed by atoms with Gasteiger partial charge in [0.05, 0.1) is 0 Å². The number of benzene rings is 1. The molecule has 0 saturated heterocycles. The van der Waals surface area contributed by atoms with Crippen LogP contribution >= 0.6 is 15.9 Å². The first-order valence-corrected chi connectivity index (χ1v) is 5.99. The molecule has 0 heterocycles. The van der Waals surface area contributed by atoms with Crippen molar-refractivity contribution in [1.29, 1.82) is 0 Å². The summed E-state index contributed by atoms with van der Waals surface area (Å²) in [7, 11) is 1.85. The van der Waals surface area contributed by atoms with Gasteiger partial charge in [-0.3, -0.25) is 4.79 Å². The van der Waals surface area contributed by atoms with Crippen LogP contribution in [-0.4, -0.2) is 18.1 Å². The lowest BCUT2D eigenvalue weighted by Gasteiger charge is -2.23. The lowest BCUT2D eigenvalue weighted by molar-refractivity contribution is -0.138. The van der Waals surface area contributed by atoms with Gasteiger partial charge in [0.2, 0.25) is 0 Å². The molecule has 0 spiro atoms. The first-order valence-electron chi connectivity index (χ1n) is 5.19. The van der Waals surface area contributed by atoms with Gasteiger partial charge in [0.1, 0.15) is 0 Å². The van der Waals surface area contributed by atoms with Crippen LogP contribution in [0.25, 0.3) is 0 Å². The molecule has 0 aliphatic heterocycles. The van der Waals surface area contributed by atoms with Gasteiger partial charge in [0.25, 0.3) is 0 Å². The van der Waals surface area contributed by atoms with Crippen LogP contribution in [0.4, 0.5) is 0 Å². The largest absolute Gasteiger partial charge is 0.481 e. The highest BCUT2D eigenvalue weighted by atomic mass is 79.9. The molecule has 1 aromatic rings. The Morgan fingerprint density at radius 1 is 1.50 bits per heavy atom. The Kier molecular flexibility index (Phi) is 4.96. The minimum Gasteiger partial charge on any atom is -0.481 e. The van der Waals surface area contributed by atoms with E-state index in [9.17, 15) is 4.79 Å². The number of rotatable bonds is 5. The van der Waals surface area contributed by atoms with E-state index in [2.05, 4.69) is 21.2 Å². The van der Waals surface area contributed by atoms with Crippen molar-refractivity contribution in [2.75, 3.05) is 7.05 Å². The van der Waals surface area contributed by atoms with Crippen LogP contribution in [0, 0.1) is 5.92 Å². The number of carbonyl (C=O) groups is 1. The molecule has 0 saturated carbocycles. The smallest absolute Gasteiger partial charge is 0.303 e. The average Bonchev–Trinajstić information content (AvgIpc) is 2.20. The van der Waals surface area contributed by atoms with Crippen molar-refractivity contribution in [3.63, 3.8) is 0 Å². The number of hydrogen-bond donors (Lipinski definition) is 2. The molecule has 4 heteroatoms. The van der Waals surface area contributed by atoms with Gasteiger partial charge in [-0.1, -0.05) is 41.1 Å². The zero-order valence-corrected chi connectivity index (χ0v) is 11.0. The van der Waals surface area contributed by atoms with E-state index in [0.717, 1.165) is 10.0 Å². The number of halogens is 1. The molecule has 0 aliphatic carbocycles. The van der Waals surface area contributed by atoms with Crippen molar-refractivity contribution in [2.45, 2.75) is 19.4 Å². The van der Waals surface area contributed by atoms with Crippen molar-refractivity contribution >= 4 is 21.9 Å². The van der Waals surface area contributed by atoms with Crippen molar-refractivity contribution in [3.05, 3.63) is 34.3 Å². The summed E-state index contributed by atoms with van der Waals surface area (Å²) >= 11 is 3.48. The van der Waals surface area contributed by atoms with Gasteiger partial charge in [-0.25, -0.2) is 0 Å². The lowest BCUT2D eigenvalue weighted by Crippen LogP contribution is -2.25. The number of aliphatic carboxylic acids is 1.